The first kappa shape index (κ1) is 17.2. The number of nitrogens with zero attached hydrogens (tertiary/aromatic N) is 4. The topological polar surface area (TPSA) is 56.3 Å². The molecule has 138 valence electrons. The Morgan fingerprint density at radius 1 is 1.23 bits per heavy atom. The van der Waals surface area contributed by atoms with Crippen molar-refractivity contribution in [1.82, 2.24) is 20.2 Å². The van der Waals surface area contributed by atoms with E-state index in [9.17, 15) is 0 Å². The number of rotatable bonds is 5. The van der Waals surface area contributed by atoms with Gasteiger partial charge in [0, 0.05) is 51.9 Å². The van der Waals surface area contributed by atoms with Gasteiger partial charge in [-0.1, -0.05) is 30.3 Å². The van der Waals surface area contributed by atoms with Crippen LogP contribution in [0.2, 0.25) is 0 Å². The lowest BCUT2D eigenvalue weighted by molar-refractivity contribution is 0.328. The van der Waals surface area contributed by atoms with Crippen LogP contribution in [0, 0.1) is 0 Å². The summed E-state index contributed by atoms with van der Waals surface area (Å²) in [5.41, 5.74) is 3.81. The van der Waals surface area contributed by atoms with E-state index in [0.717, 1.165) is 63.0 Å². The molecular weight excluding hydrogens is 324 g/mol. The van der Waals surface area contributed by atoms with Crippen LogP contribution < -0.4 is 15.5 Å². The van der Waals surface area contributed by atoms with Crippen molar-refractivity contribution in [3.8, 4) is 0 Å². The number of nitrogens with one attached hydrogen (secondary N) is 2. The summed E-state index contributed by atoms with van der Waals surface area (Å²) in [6.07, 6.45) is 2.15. The first-order chi connectivity index (χ1) is 12.7. The van der Waals surface area contributed by atoms with Gasteiger partial charge in [0.05, 0.1) is 5.69 Å². The summed E-state index contributed by atoms with van der Waals surface area (Å²) >= 11 is 0. The molecule has 2 aliphatic heterocycles. The average Bonchev–Trinajstić information content (AvgIpc) is 3.09. The van der Waals surface area contributed by atoms with Crippen LogP contribution in [0.5, 0.6) is 0 Å². The summed E-state index contributed by atoms with van der Waals surface area (Å²) in [5, 5.41) is 7.15. The highest BCUT2D eigenvalue weighted by molar-refractivity contribution is 5.52. The van der Waals surface area contributed by atoms with Gasteiger partial charge >= 0.3 is 0 Å². The van der Waals surface area contributed by atoms with Gasteiger partial charge in [-0.25, -0.2) is 4.98 Å². The van der Waals surface area contributed by atoms with Gasteiger partial charge in [0.2, 0.25) is 5.95 Å². The Balaban J connectivity index is 1.46. The molecule has 1 saturated heterocycles. The zero-order chi connectivity index (χ0) is 17.9. The van der Waals surface area contributed by atoms with E-state index in [4.69, 9.17) is 9.97 Å². The fourth-order valence-corrected chi connectivity index (χ4v) is 3.79. The highest BCUT2D eigenvalue weighted by Crippen LogP contribution is 2.25. The fraction of sp³-hybridized carbons (Fsp3) is 0.500. The van der Waals surface area contributed by atoms with Crippen LogP contribution in [0.15, 0.2) is 30.3 Å². The Bertz CT molecular complexity index is 745. The van der Waals surface area contributed by atoms with Crippen molar-refractivity contribution in [3.05, 3.63) is 47.2 Å². The van der Waals surface area contributed by atoms with Crippen LogP contribution >= 0.6 is 0 Å². The van der Waals surface area contributed by atoms with Crippen LogP contribution in [0.1, 0.15) is 23.2 Å². The number of benzene rings is 1. The van der Waals surface area contributed by atoms with Crippen LogP contribution in [-0.4, -0.2) is 54.6 Å². The second-order valence-electron chi connectivity index (χ2n) is 7.47. The lowest BCUT2D eigenvalue weighted by atomic mass is 10.1. The molecule has 6 heteroatoms. The van der Waals surface area contributed by atoms with Gasteiger partial charge in [-0.2, -0.15) is 4.98 Å². The molecule has 6 nitrogen and oxygen atoms in total. The molecule has 0 bridgehead atoms. The molecule has 2 aliphatic rings. The first-order valence-electron chi connectivity index (χ1n) is 9.49. The normalized spacial score (nSPS) is 20.0. The molecule has 4 rings (SSSR count). The molecule has 2 aromatic rings. The van der Waals surface area contributed by atoms with Crippen LogP contribution in [0.3, 0.4) is 0 Å². The van der Waals surface area contributed by atoms with Crippen LogP contribution in [0.25, 0.3) is 0 Å². The van der Waals surface area contributed by atoms with E-state index >= 15 is 0 Å². The number of hydrogen-bond acceptors (Lipinski definition) is 6. The Kier molecular flexibility index (Phi) is 5.04. The van der Waals surface area contributed by atoms with Gasteiger partial charge in [-0.05, 0) is 24.9 Å². The molecule has 0 amide bonds. The van der Waals surface area contributed by atoms with Crippen molar-refractivity contribution in [2.45, 2.75) is 32.0 Å². The smallest absolute Gasteiger partial charge is 0.227 e. The predicted octanol–water partition coefficient (Wildman–Crippen LogP) is 1.87. The third-order valence-corrected chi connectivity index (χ3v) is 5.19. The molecule has 0 spiro atoms. The van der Waals surface area contributed by atoms with Crippen molar-refractivity contribution < 1.29 is 0 Å². The third-order valence-electron chi connectivity index (χ3n) is 5.19. The maximum atomic E-state index is 4.82. The highest BCUT2D eigenvalue weighted by atomic mass is 15.3. The Morgan fingerprint density at radius 2 is 2.08 bits per heavy atom. The van der Waals surface area contributed by atoms with Crippen molar-refractivity contribution in [2.75, 3.05) is 43.9 Å². The van der Waals surface area contributed by atoms with E-state index in [1.54, 1.807) is 0 Å². The number of likely N-dealkylation sites (tertiary alicyclic amines) is 1. The molecule has 0 saturated carbocycles. The van der Waals surface area contributed by atoms with Gasteiger partial charge in [0.1, 0.15) is 5.82 Å². The molecule has 1 unspecified atom stereocenters. The minimum Gasteiger partial charge on any atom is -0.366 e. The predicted molar refractivity (Wildman–Crippen MR) is 106 cm³/mol. The fourth-order valence-electron chi connectivity index (χ4n) is 3.79. The third kappa shape index (κ3) is 3.81. The molecule has 0 aliphatic carbocycles. The molecular formula is C20H28N6. The quantitative estimate of drug-likeness (QED) is 0.857. The molecule has 2 N–H and O–H groups in total. The maximum Gasteiger partial charge on any atom is 0.227 e. The van der Waals surface area contributed by atoms with Gasteiger partial charge in [0.15, 0.2) is 0 Å². The zero-order valence-corrected chi connectivity index (χ0v) is 15.7. The minimum absolute atomic E-state index is 0.447. The summed E-state index contributed by atoms with van der Waals surface area (Å²) in [7, 11) is 4.00. The molecule has 1 fully saturated rings. The number of fused-ring (bicyclic) bond motifs is 1. The molecule has 1 atom stereocenters. The van der Waals surface area contributed by atoms with Gasteiger partial charge in [0.25, 0.3) is 0 Å². The van der Waals surface area contributed by atoms with Gasteiger partial charge < -0.3 is 15.5 Å². The van der Waals surface area contributed by atoms with Crippen molar-refractivity contribution >= 4 is 11.8 Å². The van der Waals surface area contributed by atoms with Gasteiger partial charge in [-0.15, -0.1) is 0 Å². The highest BCUT2D eigenvalue weighted by Gasteiger charge is 2.25. The molecule has 26 heavy (non-hydrogen) atoms. The van der Waals surface area contributed by atoms with E-state index in [-0.39, 0.29) is 0 Å². The van der Waals surface area contributed by atoms with Crippen LogP contribution in [0.4, 0.5) is 11.8 Å². The van der Waals surface area contributed by atoms with E-state index in [0.29, 0.717) is 6.04 Å². The van der Waals surface area contributed by atoms with Crippen LogP contribution in [-0.2, 0) is 19.5 Å². The van der Waals surface area contributed by atoms with Crippen molar-refractivity contribution in [2.24, 2.45) is 0 Å². The van der Waals surface area contributed by atoms with E-state index < -0.39 is 0 Å². The summed E-state index contributed by atoms with van der Waals surface area (Å²) in [5.74, 6) is 1.82. The number of anilines is 2. The number of hydrogen-bond donors (Lipinski definition) is 2. The van der Waals surface area contributed by atoms with E-state index in [2.05, 4.69) is 45.9 Å². The standard InChI is InChI=1S/C20H28N6/c1-25(2)20-23-18-12-21-10-8-17(18)19(24-20)22-16-9-11-26(14-16)13-15-6-4-3-5-7-15/h3-7,16,21H,8-14H2,1-2H3,(H,22,23,24). The Labute approximate surface area is 155 Å². The Hall–Kier alpha value is -2.18. The summed E-state index contributed by atoms with van der Waals surface area (Å²) in [6.45, 7) is 5.04. The molecule has 1 aromatic carbocycles. The Morgan fingerprint density at radius 3 is 2.88 bits per heavy atom. The summed E-state index contributed by atoms with van der Waals surface area (Å²) in [4.78, 5) is 14.0. The molecule has 3 heterocycles. The first-order valence-corrected chi connectivity index (χ1v) is 9.49. The largest absolute Gasteiger partial charge is 0.366 e. The molecule has 0 radical (unpaired) electrons. The zero-order valence-electron chi connectivity index (χ0n) is 15.7. The summed E-state index contributed by atoms with van der Waals surface area (Å²) < 4.78 is 0. The lowest BCUT2D eigenvalue weighted by Crippen LogP contribution is -2.31. The molecule has 1 aromatic heterocycles. The maximum absolute atomic E-state index is 4.82. The average molecular weight is 352 g/mol. The number of aromatic nitrogens is 2. The van der Waals surface area contributed by atoms with Crippen molar-refractivity contribution in [3.63, 3.8) is 0 Å². The monoisotopic (exact) mass is 352 g/mol. The van der Waals surface area contributed by atoms with Crippen molar-refractivity contribution in [1.29, 1.82) is 0 Å². The summed E-state index contributed by atoms with van der Waals surface area (Å²) in [6, 6.07) is 11.2. The lowest BCUT2D eigenvalue weighted by Gasteiger charge is -2.24. The second-order valence-corrected chi connectivity index (χ2v) is 7.47. The second kappa shape index (κ2) is 7.60. The SMILES string of the molecule is CN(C)c1nc2c(c(NC3CCN(Cc4ccccc4)C3)n1)CCNC2. The van der Waals surface area contributed by atoms with E-state index in [1.165, 1.54) is 11.1 Å². The minimum atomic E-state index is 0.447. The van der Waals surface area contributed by atoms with Gasteiger partial charge in [-0.3, -0.25) is 4.90 Å². The van der Waals surface area contributed by atoms with E-state index in [1.807, 2.05) is 19.0 Å².